The summed E-state index contributed by atoms with van der Waals surface area (Å²) in [7, 11) is 0. The average Bonchev–Trinajstić information content (AvgIpc) is 2.83. The number of nitrogens with zero attached hydrogens (tertiary/aromatic N) is 1. The number of hydrogen-bond donors (Lipinski definition) is 0. The molecular weight excluding hydrogens is 450 g/mol. The summed E-state index contributed by atoms with van der Waals surface area (Å²) < 4.78 is 8.41. The van der Waals surface area contributed by atoms with E-state index in [0.717, 1.165) is 36.0 Å². The van der Waals surface area contributed by atoms with Crippen LogP contribution in [-0.4, -0.2) is 5.16 Å². The molecule has 3 aromatic rings. The molecular formula is C15H8Br3NO. The maximum absolute atomic E-state index is 5.48. The molecule has 0 N–H and O–H groups in total. The lowest BCUT2D eigenvalue weighted by atomic mass is 10.1. The van der Waals surface area contributed by atoms with Crippen molar-refractivity contribution in [3.8, 4) is 22.6 Å². The van der Waals surface area contributed by atoms with Crippen LogP contribution in [0.5, 0.6) is 0 Å². The van der Waals surface area contributed by atoms with Gasteiger partial charge in [0, 0.05) is 20.1 Å². The Morgan fingerprint density at radius 3 is 1.75 bits per heavy atom. The Hall–Kier alpha value is -0.910. The van der Waals surface area contributed by atoms with Crippen molar-refractivity contribution < 1.29 is 4.52 Å². The summed E-state index contributed by atoms with van der Waals surface area (Å²) in [6.45, 7) is 0. The van der Waals surface area contributed by atoms with Crippen LogP contribution in [0, 0.1) is 0 Å². The van der Waals surface area contributed by atoms with E-state index in [2.05, 4.69) is 52.9 Å². The number of aromatic nitrogens is 1. The Kier molecular flexibility index (Phi) is 4.10. The largest absolute Gasteiger partial charge is 0.354 e. The minimum Gasteiger partial charge on any atom is -0.354 e. The van der Waals surface area contributed by atoms with Gasteiger partial charge in [0.15, 0.2) is 5.76 Å². The number of benzene rings is 2. The van der Waals surface area contributed by atoms with Crippen molar-refractivity contribution in [1.82, 2.24) is 5.16 Å². The van der Waals surface area contributed by atoms with Crippen molar-refractivity contribution in [2.45, 2.75) is 0 Å². The van der Waals surface area contributed by atoms with Crippen molar-refractivity contribution in [2.75, 3.05) is 0 Å². The molecule has 0 spiro atoms. The first-order valence-corrected chi connectivity index (χ1v) is 8.20. The molecule has 5 heteroatoms. The van der Waals surface area contributed by atoms with E-state index in [1.54, 1.807) is 0 Å². The molecule has 0 saturated carbocycles. The molecule has 0 bridgehead atoms. The van der Waals surface area contributed by atoms with Gasteiger partial charge in [0.05, 0.1) is 4.47 Å². The van der Waals surface area contributed by atoms with Crippen LogP contribution in [0.25, 0.3) is 22.6 Å². The van der Waals surface area contributed by atoms with Crippen LogP contribution < -0.4 is 0 Å². The first-order valence-electron chi connectivity index (χ1n) is 5.82. The quantitative estimate of drug-likeness (QED) is 0.451. The lowest BCUT2D eigenvalue weighted by Gasteiger charge is -1.99. The molecule has 0 radical (unpaired) electrons. The zero-order valence-corrected chi connectivity index (χ0v) is 14.9. The highest BCUT2D eigenvalue weighted by atomic mass is 79.9. The monoisotopic (exact) mass is 455 g/mol. The van der Waals surface area contributed by atoms with Gasteiger partial charge in [-0.3, -0.25) is 0 Å². The van der Waals surface area contributed by atoms with Crippen molar-refractivity contribution in [2.24, 2.45) is 0 Å². The summed E-state index contributed by atoms with van der Waals surface area (Å²) in [6.07, 6.45) is 0. The fourth-order valence-electron chi connectivity index (χ4n) is 1.85. The van der Waals surface area contributed by atoms with Crippen LogP contribution >= 0.6 is 47.8 Å². The first-order chi connectivity index (χ1) is 9.65. The van der Waals surface area contributed by atoms with Crippen LogP contribution in [-0.2, 0) is 0 Å². The predicted molar refractivity (Wildman–Crippen MR) is 90.5 cm³/mol. The molecule has 0 atom stereocenters. The van der Waals surface area contributed by atoms with E-state index in [9.17, 15) is 0 Å². The van der Waals surface area contributed by atoms with Gasteiger partial charge in [-0.1, -0.05) is 49.1 Å². The third-order valence-electron chi connectivity index (χ3n) is 2.86. The molecule has 0 saturated heterocycles. The zero-order valence-electron chi connectivity index (χ0n) is 10.1. The van der Waals surface area contributed by atoms with Crippen LogP contribution in [0.3, 0.4) is 0 Å². The molecule has 100 valence electrons. The second kappa shape index (κ2) is 5.84. The van der Waals surface area contributed by atoms with E-state index >= 15 is 0 Å². The highest BCUT2D eigenvalue weighted by molar-refractivity contribution is 9.11. The summed E-state index contributed by atoms with van der Waals surface area (Å²) in [5.74, 6) is 0.732. The maximum Gasteiger partial charge on any atom is 0.181 e. The SMILES string of the molecule is Brc1ccc(-c2noc(-c3ccc(Br)cc3)c2Br)cc1. The summed E-state index contributed by atoms with van der Waals surface area (Å²) in [5, 5.41) is 4.17. The Morgan fingerprint density at radius 2 is 1.20 bits per heavy atom. The highest BCUT2D eigenvalue weighted by Gasteiger charge is 2.16. The Balaban J connectivity index is 2.04. The predicted octanol–water partition coefficient (Wildman–Crippen LogP) is 6.30. The normalized spacial score (nSPS) is 10.8. The van der Waals surface area contributed by atoms with E-state index in [0.29, 0.717) is 0 Å². The maximum atomic E-state index is 5.48. The van der Waals surface area contributed by atoms with Gasteiger partial charge in [0.25, 0.3) is 0 Å². The van der Waals surface area contributed by atoms with E-state index < -0.39 is 0 Å². The fourth-order valence-corrected chi connectivity index (χ4v) is 2.98. The van der Waals surface area contributed by atoms with Gasteiger partial charge in [-0.05, 0) is 52.3 Å². The van der Waals surface area contributed by atoms with Gasteiger partial charge >= 0.3 is 0 Å². The van der Waals surface area contributed by atoms with Crippen LogP contribution in [0.15, 0.2) is 66.5 Å². The summed E-state index contributed by atoms with van der Waals surface area (Å²) in [4.78, 5) is 0. The minimum atomic E-state index is 0.732. The highest BCUT2D eigenvalue weighted by Crippen LogP contribution is 2.37. The van der Waals surface area contributed by atoms with Crippen LogP contribution in [0.1, 0.15) is 0 Å². The van der Waals surface area contributed by atoms with Crippen LogP contribution in [0.2, 0.25) is 0 Å². The Morgan fingerprint density at radius 1 is 0.700 bits per heavy atom. The lowest BCUT2D eigenvalue weighted by Crippen LogP contribution is -1.78. The minimum absolute atomic E-state index is 0.732. The van der Waals surface area contributed by atoms with Gasteiger partial charge in [-0.25, -0.2) is 0 Å². The number of rotatable bonds is 2. The van der Waals surface area contributed by atoms with Gasteiger partial charge in [-0.2, -0.15) is 0 Å². The molecule has 1 aromatic heterocycles. The molecule has 20 heavy (non-hydrogen) atoms. The molecule has 0 fully saturated rings. The van der Waals surface area contributed by atoms with E-state index in [1.165, 1.54) is 0 Å². The van der Waals surface area contributed by atoms with Crippen molar-refractivity contribution >= 4 is 47.8 Å². The third-order valence-corrected chi connectivity index (χ3v) is 4.65. The molecule has 0 aliphatic heterocycles. The molecule has 0 amide bonds. The summed E-state index contributed by atoms with van der Waals surface area (Å²) in [6, 6.07) is 15.9. The zero-order chi connectivity index (χ0) is 14.1. The van der Waals surface area contributed by atoms with Gasteiger partial charge < -0.3 is 4.52 Å². The van der Waals surface area contributed by atoms with Gasteiger partial charge in [0.2, 0.25) is 0 Å². The van der Waals surface area contributed by atoms with Gasteiger partial charge in [0.1, 0.15) is 5.69 Å². The molecule has 2 nitrogen and oxygen atoms in total. The van der Waals surface area contributed by atoms with E-state index in [4.69, 9.17) is 4.52 Å². The number of halogens is 3. The van der Waals surface area contributed by atoms with Crippen LogP contribution in [0.4, 0.5) is 0 Å². The molecule has 3 rings (SSSR count). The van der Waals surface area contributed by atoms with Crippen molar-refractivity contribution in [3.63, 3.8) is 0 Å². The lowest BCUT2D eigenvalue weighted by molar-refractivity contribution is 0.434. The summed E-state index contributed by atoms with van der Waals surface area (Å²) in [5.41, 5.74) is 2.79. The van der Waals surface area contributed by atoms with Crippen molar-refractivity contribution in [3.05, 3.63) is 61.9 Å². The molecule has 1 heterocycles. The topological polar surface area (TPSA) is 26.0 Å². The molecule has 2 aromatic carbocycles. The fraction of sp³-hybridized carbons (Fsp3) is 0. The average molecular weight is 458 g/mol. The first kappa shape index (κ1) is 14.0. The van der Waals surface area contributed by atoms with Gasteiger partial charge in [-0.15, -0.1) is 0 Å². The molecule has 0 aliphatic carbocycles. The Labute approximate surface area is 141 Å². The standard InChI is InChI=1S/C15H8Br3NO/c16-11-5-1-9(2-6-11)14-13(18)15(20-19-14)10-3-7-12(17)8-4-10/h1-8H. The summed E-state index contributed by atoms with van der Waals surface area (Å²) >= 11 is 10.4. The van der Waals surface area contributed by atoms with E-state index in [-0.39, 0.29) is 0 Å². The second-order valence-electron chi connectivity index (χ2n) is 4.19. The smallest absolute Gasteiger partial charge is 0.181 e. The second-order valence-corrected chi connectivity index (χ2v) is 6.81. The number of hydrogen-bond acceptors (Lipinski definition) is 2. The molecule has 0 aliphatic rings. The van der Waals surface area contributed by atoms with Crippen molar-refractivity contribution in [1.29, 1.82) is 0 Å². The van der Waals surface area contributed by atoms with E-state index in [1.807, 2.05) is 48.5 Å². The molecule has 0 unspecified atom stereocenters. The third kappa shape index (κ3) is 2.75. The Bertz CT molecular complexity index is 670.